The molecule has 39 nitrogen and oxygen atoms in total. The van der Waals surface area contributed by atoms with Crippen LogP contribution < -0.4 is 16.8 Å². The summed E-state index contributed by atoms with van der Waals surface area (Å²) in [7, 11) is 0. The molecule has 0 aliphatic carbocycles. The van der Waals surface area contributed by atoms with Gasteiger partial charge >= 0.3 is 0 Å². The van der Waals surface area contributed by atoms with E-state index >= 15 is 0 Å². The molecule has 0 saturated carbocycles. The molecule has 21 fully saturated rings. The quantitative estimate of drug-likeness (QED) is 0.0684. The Balaban J connectivity index is 1.03. The molecule has 24 N–H and O–H groups in total. The van der Waals surface area contributed by atoms with Crippen molar-refractivity contribution in [3.63, 3.8) is 0 Å². The van der Waals surface area contributed by atoms with Gasteiger partial charge in [-0.05, 0) is 0 Å². The Morgan fingerprint density at radius 3 is 0.856 bits per heavy atom. The number of imidazole rings is 1. The van der Waals surface area contributed by atoms with E-state index in [9.17, 15) is 97.0 Å². The molecule has 0 radical (unpaired) electrons. The summed E-state index contributed by atoms with van der Waals surface area (Å²) < 4.78 is 84.4. The van der Waals surface area contributed by atoms with E-state index < -0.39 is 248 Å². The minimum absolute atomic E-state index is 0.225. The normalized spacial score (nSPS) is 49.2. The molecule has 0 amide bonds. The Kier molecular flexibility index (Phi) is 25.8. The van der Waals surface area contributed by atoms with Crippen LogP contribution in [0, 0.1) is 0 Å². The second-order valence-corrected chi connectivity index (χ2v) is 23.2. The van der Waals surface area contributed by atoms with Crippen LogP contribution in [0.25, 0.3) is 0 Å². The summed E-state index contributed by atoms with van der Waals surface area (Å²) in [4.78, 5) is 5.97. The van der Waals surface area contributed by atoms with Crippen molar-refractivity contribution >= 4 is 0 Å². The minimum atomic E-state index is -2.21. The lowest BCUT2D eigenvalue weighted by Gasteiger charge is -2.50. The smallest absolute Gasteiger partial charge is 0.187 e. The summed E-state index contributed by atoms with van der Waals surface area (Å²) in [5.41, 5.74) is 11.6. The molecular formula is C51H88N6O33. The first-order valence-electron chi connectivity index (χ1n) is 29.6. The molecular weight excluding hydrogens is 1220 g/mol. The molecule has 1 aromatic heterocycles. The molecule has 1 aromatic rings. The zero-order valence-corrected chi connectivity index (χ0v) is 48.3. The molecule has 90 heavy (non-hydrogen) atoms. The van der Waals surface area contributed by atoms with Crippen molar-refractivity contribution < 1.29 is 163 Å². The second-order valence-electron chi connectivity index (χ2n) is 23.2. The van der Waals surface area contributed by atoms with Gasteiger partial charge in [-0.2, -0.15) is 0 Å². The highest BCUT2D eigenvalue weighted by Crippen LogP contribution is 2.39. The third-order valence-electron chi connectivity index (χ3n) is 17.2. The number of nitrogens with one attached hydrogen (secondary N) is 1. The highest BCUT2D eigenvalue weighted by atomic mass is 16.8. The summed E-state index contributed by atoms with van der Waals surface area (Å²) in [6, 6.07) is 0. The van der Waals surface area contributed by atoms with Crippen LogP contribution in [0.3, 0.4) is 0 Å². The molecule has 21 saturated heterocycles. The average molecular weight is 1310 g/mol. The van der Waals surface area contributed by atoms with Crippen LogP contribution in [-0.2, 0) is 72.9 Å². The van der Waals surface area contributed by atoms with Crippen LogP contribution >= 0.6 is 0 Å². The van der Waals surface area contributed by atoms with E-state index in [1.54, 1.807) is 0 Å². The summed E-state index contributed by atoms with van der Waals surface area (Å²) >= 11 is 0. The molecule has 0 aromatic carbocycles. The molecule has 21 aliphatic heterocycles. The van der Waals surface area contributed by atoms with E-state index in [-0.39, 0.29) is 19.6 Å². The average Bonchev–Trinajstić information content (AvgIpc) is 1.03. The molecule has 0 unspecified atom stereocenters. The maximum atomic E-state index is 12.0. The van der Waals surface area contributed by atoms with Crippen molar-refractivity contribution in [2.24, 2.45) is 11.5 Å². The monoisotopic (exact) mass is 1310 g/mol. The fourth-order valence-electron chi connectivity index (χ4n) is 12.2. The van der Waals surface area contributed by atoms with Crippen molar-refractivity contribution in [1.82, 2.24) is 19.8 Å². The highest BCUT2D eigenvalue weighted by Gasteiger charge is 2.59. The molecule has 0 spiro atoms. The number of hydrogen-bond donors (Lipinski definition) is 22. The van der Waals surface area contributed by atoms with Gasteiger partial charge in [-0.3, -0.25) is 4.90 Å². The number of nitrogens with zero attached hydrogens (tertiary/aromatic N) is 3. The van der Waals surface area contributed by atoms with Crippen LogP contribution in [0.1, 0.15) is 0 Å². The molecule has 14 bridgehead atoms. The summed E-state index contributed by atoms with van der Waals surface area (Å²) in [5.74, 6) is 0. The van der Waals surface area contributed by atoms with Crippen LogP contribution in [-0.4, -0.2) is 405 Å². The second kappa shape index (κ2) is 32.2. The first-order valence-corrected chi connectivity index (χ1v) is 29.6. The van der Waals surface area contributed by atoms with Gasteiger partial charge in [0, 0.05) is 58.2 Å². The van der Waals surface area contributed by atoms with Gasteiger partial charge in [0.05, 0.1) is 45.9 Å². The number of nitrogens with two attached hydrogens (primary N) is 2. The summed E-state index contributed by atoms with van der Waals surface area (Å²) in [5, 5.41) is 219. The van der Waals surface area contributed by atoms with E-state index in [2.05, 4.69) is 10.3 Å². The molecule has 22 heterocycles. The van der Waals surface area contributed by atoms with Crippen LogP contribution in [0.2, 0.25) is 0 Å². The molecule has 520 valence electrons. The van der Waals surface area contributed by atoms with E-state index in [4.69, 9.17) is 77.8 Å². The van der Waals surface area contributed by atoms with E-state index in [1.165, 1.54) is 23.3 Å². The van der Waals surface area contributed by atoms with Gasteiger partial charge in [-0.1, -0.05) is 0 Å². The predicted octanol–water partition coefficient (Wildman–Crippen LogP) is -15.5. The van der Waals surface area contributed by atoms with Gasteiger partial charge in [0.1, 0.15) is 171 Å². The minimum Gasteiger partial charge on any atom is -0.394 e. The van der Waals surface area contributed by atoms with Crippen LogP contribution in [0.15, 0.2) is 18.7 Å². The fraction of sp³-hybridized carbons (Fsp3) is 0.941. The number of hydrogen-bond acceptors (Lipinski definition) is 38. The number of rotatable bonds is 16. The lowest BCUT2D eigenvalue weighted by Crippen LogP contribution is -2.68. The maximum absolute atomic E-state index is 12.0. The molecule has 39 heteroatoms. The standard InChI is InChI=1S/C51H88N6O33/c52-1-5-56(6-2-53)7-3-54-9-17-38-24(63)31(70)45(77-17)85-39-18(10-57-8-4-55-16-57)78-46(32(71)25(39)64)86-40-19(11-58)80-48(34(73)27(40)66)88-42-21(13-60)82-50(36(75)29(42)68)90-44-23(15-62)83-51(37(76)30(44)69)89-43-22(14-61)81-49(35(74)28(43)67)87-41-20(12-59)79-47(84-38)33(72)26(41)65/h4,8,16-51,54,58-76H,1-3,5-7,9-15,52-53H2/t17-,18+,19+,20-,21+,22-,23-,24+,25-,26+,27+,28+,29+,30+,31+,32-,33+,34-,35+,36+,37+,38+,39+,40+,41+,42+,43+,44+,45+,46+,47+,48+,49+,50+,51+/m0/s1. The highest BCUT2D eigenvalue weighted by molar-refractivity contribution is 5.02. The van der Waals surface area contributed by atoms with Crippen molar-refractivity contribution in [3.05, 3.63) is 18.7 Å². The van der Waals surface area contributed by atoms with Crippen molar-refractivity contribution in [1.29, 1.82) is 0 Å². The lowest BCUT2D eigenvalue weighted by molar-refractivity contribution is -0.396. The van der Waals surface area contributed by atoms with Crippen molar-refractivity contribution in [2.75, 3.05) is 78.8 Å². The zero-order chi connectivity index (χ0) is 65.0. The third kappa shape index (κ3) is 15.4. The Morgan fingerprint density at radius 2 is 0.600 bits per heavy atom. The largest absolute Gasteiger partial charge is 0.394 e. The van der Waals surface area contributed by atoms with E-state index in [1.807, 2.05) is 4.90 Å². The predicted molar refractivity (Wildman–Crippen MR) is 284 cm³/mol. The Hall–Kier alpha value is -2.27. The molecule has 21 aliphatic rings. The van der Waals surface area contributed by atoms with Gasteiger partial charge in [0.25, 0.3) is 0 Å². The summed E-state index contributed by atoms with van der Waals surface area (Å²) in [6.07, 6.45) is -64.3. The number of aliphatic hydroxyl groups excluding tert-OH is 19. The van der Waals surface area contributed by atoms with Crippen LogP contribution in [0.5, 0.6) is 0 Å². The Morgan fingerprint density at radius 1 is 0.344 bits per heavy atom. The SMILES string of the molecule is NCCN(CCN)CCNC[C@@H]1O[C@@H]2O[C@H]3[C@@H](O)[C@H](O)[C@@H](O[C@H]4[C@H](O)[C@H](O)[C@@H](O[C@H]5[C@H](O)[C@@H](O)[C@@H](O[C@H]6[C@H](O)[C@@H](O)[C@@H](O[C@H]7[C@H](O)[C@@H](O)[C@@H](O[C@H]8[C@H](O)[C@@H](O)[C@@H](O[C@H]1[C@H](O)[C@H]2O)O[C@H]8CO)O[C@H]7CO)O[C@H]6CO)O[C@@H]5CO)O[C@@H]4CO)O[C@@H]3Cn1ccnc1. The van der Waals surface area contributed by atoms with Gasteiger partial charge in [0.2, 0.25) is 0 Å². The van der Waals surface area contributed by atoms with Crippen LogP contribution in [0.4, 0.5) is 0 Å². The Labute approximate surface area is 512 Å². The first-order chi connectivity index (χ1) is 43.1. The maximum Gasteiger partial charge on any atom is 0.187 e. The topological polar surface area (TPSA) is 599 Å². The van der Waals surface area contributed by atoms with Gasteiger partial charge in [0.15, 0.2) is 44.0 Å². The lowest BCUT2D eigenvalue weighted by atomic mass is 9.95. The summed E-state index contributed by atoms with van der Waals surface area (Å²) in [6.45, 7) is -3.51. The Bertz CT molecular complexity index is 2280. The zero-order valence-electron chi connectivity index (χ0n) is 48.3. The van der Waals surface area contributed by atoms with Gasteiger partial charge < -0.3 is 185 Å². The van der Waals surface area contributed by atoms with Gasteiger partial charge in [-0.15, -0.1) is 0 Å². The molecule has 22 rings (SSSR count). The van der Waals surface area contributed by atoms with Crippen molar-refractivity contribution in [2.45, 2.75) is 221 Å². The first kappa shape index (κ1) is 72.0. The number of ether oxygens (including phenoxy) is 14. The number of aromatic nitrogens is 2. The van der Waals surface area contributed by atoms with E-state index in [0.29, 0.717) is 32.7 Å². The molecule has 35 atom stereocenters. The van der Waals surface area contributed by atoms with Crippen molar-refractivity contribution in [3.8, 4) is 0 Å². The fourth-order valence-corrected chi connectivity index (χ4v) is 12.2. The van der Waals surface area contributed by atoms with E-state index in [0.717, 1.165) is 0 Å². The third-order valence-corrected chi connectivity index (χ3v) is 17.2. The number of aliphatic hydroxyl groups is 19. The van der Waals surface area contributed by atoms with Gasteiger partial charge in [-0.25, -0.2) is 4.98 Å².